The normalized spacial score (nSPS) is 11.3. The molecule has 2 heteroatoms. The quantitative estimate of drug-likeness (QED) is 0.132. The molecule has 2 aromatic rings. The van der Waals surface area contributed by atoms with Crippen LogP contribution in [0.4, 0.5) is 0 Å². The first-order valence-electron chi connectivity index (χ1n) is 16.2. The van der Waals surface area contributed by atoms with Crippen LogP contribution in [-0.2, 0) is 12.8 Å². The van der Waals surface area contributed by atoms with E-state index in [1.54, 1.807) is 0 Å². The van der Waals surface area contributed by atoms with Gasteiger partial charge in [-0.3, -0.25) is 0 Å². The minimum absolute atomic E-state index is 0.855. The van der Waals surface area contributed by atoms with Gasteiger partial charge < -0.3 is 0 Å². The third-order valence-corrected chi connectivity index (χ3v) is 7.81. The average Bonchev–Trinajstić information content (AvgIpc) is 2.93. The number of aryl methyl sites for hydroxylation is 2. The summed E-state index contributed by atoms with van der Waals surface area (Å²) >= 11 is 0. The van der Waals surface area contributed by atoms with Crippen molar-refractivity contribution in [3.05, 3.63) is 47.8 Å². The monoisotopic (exact) mass is 506 g/mol. The third-order valence-electron chi connectivity index (χ3n) is 7.81. The topological polar surface area (TPSA) is 25.8 Å². The molecule has 1 heterocycles. The van der Waals surface area contributed by atoms with Gasteiger partial charge in [0.15, 0.2) is 5.82 Å². The summed E-state index contributed by atoms with van der Waals surface area (Å²) < 4.78 is 0. The summed E-state index contributed by atoms with van der Waals surface area (Å²) in [4.78, 5) is 9.33. The van der Waals surface area contributed by atoms with Crippen LogP contribution in [0.25, 0.3) is 11.4 Å². The molecule has 0 amide bonds. The van der Waals surface area contributed by atoms with Crippen LogP contribution in [0.15, 0.2) is 36.7 Å². The fraction of sp³-hybridized carbons (Fsp3) is 0.714. The summed E-state index contributed by atoms with van der Waals surface area (Å²) in [5, 5.41) is 0. The average molecular weight is 507 g/mol. The fourth-order valence-electron chi connectivity index (χ4n) is 5.26. The molecule has 2 nitrogen and oxygen atoms in total. The second kappa shape index (κ2) is 22.3. The third kappa shape index (κ3) is 16.0. The molecule has 0 N–H and O–H groups in total. The van der Waals surface area contributed by atoms with Crippen molar-refractivity contribution in [3.63, 3.8) is 0 Å². The molecule has 0 unspecified atom stereocenters. The molecule has 0 fully saturated rings. The van der Waals surface area contributed by atoms with Gasteiger partial charge in [0, 0.05) is 18.0 Å². The number of nitrogens with zero attached hydrogens (tertiary/aromatic N) is 2. The molecular formula is C35H58N2. The van der Waals surface area contributed by atoms with E-state index in [1.807, 2.05) is 12.4 Å². The van der Waals surface area contributed by atoms with Gasteiger partial charge in [-0.2, -0.15) is 0 Å². The molecule has 0 spiro atoms. The highest BCUT2D eigenvalue weighted by atomic mass is 14.9. The Bertz CT molecular complexity index is 750. The number of aromatic nitrogens is 2. The van der Waals surface area contributed by atoms with Crippen molar-refractivity contribution < 1.29 is 0 Å². The number of benzene rings is 1. The highest BCUT2D eigenvalue weighted by molar-refractivity contribution is 5.55. The van der Waals surface area contributed by atoms with Gasteiger partial charge in [0.05, 0.1) is 0 Å². The zero-order valence-electron chi connectivity index (χ0n) is 24.6. The fourth-order valence-corrected chi connectivity index (χ4v) is 5.26. The molecule has 0 aliphatic carbocycles. The number of rotatable bonds is 24. The summed E-state index contributed by atoms with van der Waals surface area (Å²) in [5.41, 5.74) is 3.85. The van der Waals surface area contributed by atoms with E-state index in [-0.39, 0.29) is 0 Å². The van der Waals surface area contributed by atoms with Crippen LogP contribution in [0.2, 0.25) is 0 Å². The molecule has 0 bridgehead atoms. The summed E-state index contributed by atoms with van der Waals surface area (Å²) in [6.45, 7) is 4.58. The first-order chi connectivity index (χ1) is 18.3. The van der Waals surface area contributed by atoms with Crippen molar-refractivity contribution in [2.24, 2.45) is 0 Å². The Morgan fingerprint density at radius 2 is 0.757 bits per heavy atom. The SMILES string of the molecule is CCCCCCCCCCCCCc1cnc(-c2ccc(CCCCCCCCCCCC)cc2)nc1. The lowest BCUT2D eigenvalue weighted by atomic mass is 10.0. The minimum Gasteiger partial charge on any atom is -0.236 e. The van der Waals surface area contributed by atoms with E-state index >= 15 is 0 Å². The van der Waals surface area contributed by atoms with E-state index in [4.69, 9.17) is 0 Å². The molecule has 0 saturated carbocycles. The first kappa shape index (κ1) is 31.5. The van der Waals surface area contributed by atoms with Crippen LogP contribution in [0.3, 0.4) is 0 Å². The predicted molar refractivity (Wildman–Crippen MR) is 163 cm³/mol. The predicted octanol–water partition coefficient (Wildman–Crippen LogP) is 11.5. The maximum absolute atomic E-state index is 4.66. The molecule has 0 saturated heterocycles. The number of hydrogen-bond donors (Lipinski definition) is 0. The smallest absolute Gasteiger partial charge is 0.159 e. The molecule has 0 aliphatic heterocycles. The summed E-state index contributed by atoms with van der Waals surface area (Å²) in [5.74, 6) is 0.855. The Labute approximate surface area is 230 Å². The van der Waals surface area contributed by atoms with Crippen molar-refractivity contribution in [1.29, 1.82) is 0 Å². The Kier molecular flexibility index (Phi) is 19.0. The van der Waals surface area contributed by atoms with E-state index in [9.17, 15) is 0 Å². The first-order valence-corrected chi connectivity index (χ1v) is 16.2. The zero-order valence-corrected chi connectivity index (χ0v) is 24.6. The van der Waals surface area contributed by atoms with Crippen LogP contribution in [0.5, 0.6) is 0 Å². The van der Waals surface area contributed by atoms with Crippen molar-refractivity contribution in [2.75, 3.05) is 0 Å². The number of unbranched alkanes of at least 4 members (excludes halogenated alkanes) is 19. The molecule has 208 valence electrons. The van der Waals surface area contributed by atoms with Gasteiger partial charge in [-0.1, -0.05) is 160 Å². The van der Waals surface area contributed by atoms with E-state index in [1.165, 1.54) is 152 Å². The van der Waals surface area contributed by atoms with Gasteiger partial charge in [-0.05, 0) is 36.8 Å². The lowest BCUT2D eigenvalue weighted by Crippen LogP contribution is -1.94. The highest BCUT2D eigenvalue weighted by Crippen LogP contribution is 2.18. The van der Waals surface area contributed by atoms with E-state index < -0.39 is 0 Å². The van der Waals surface area contributed by atoms with Gasteiger partial charge in [-0.15, -0.1) is 0 Å². The summed E-state index contributed by atoms with van der Waals surface area (Å²) in [7, 11) is 0. The van der Waals surface area contributed by atoms with E-state index in [0.29, 0.717) is 0 Å². The van der Waals surface area contributed by atoms with Gasteiger partial charge in [0.2, 0.25) is 0 Å². The highest BCUT2D eigenvalue weighted by Gasteiger charge is 2.03. The van der Waals surface area contributed by atoms with Gasteiger partial charge >= 0.3 is 0 Å². The van der Waals surface area contributed by atoms with Gasteiger partial charge in [0.25, 0.3) is 0 Å². The van der Waals surface area contributed by atoms with Crippen LogP contribution in [0.1, 0.15) is 160 Å². The maximum atomic E-state index is 4.66. The lowest BCUT2D eigenvalue weighted by Gasteiger charge is -2.06. The number of hydrogen-bond acceptors (Lipinski definition) is 2. The van der Waals surface area contributed by atoms with Crippen molar-refractivity contribution in [2.45, 2.75) is 162 Å². The van der Waals surface area contributed by atoms with Crippen LogP contribution in [0, 0.1) is 0 Å². The zero-order chi connectivity index (χ0) is 26.2. The Balaban J connectivity index is 1.52. The van der Waals surface area contributed by atoms with E-state index in [2.05, 4.69) is 48.1 Å². The van der Waals surface area contributed by atoms with E-state index in [0.717, 1.165) is 17.8 Å². The van der Waals surface area contributed by atoms with Crippen molar-refractivity contribution in [3.8, 4) is 11.4 Å². The largest absolute Gasteiger partial charge is 0.236 e. The molecule has 1 aromatic heterocycles. The van der Waals surface area contributed by atoms with Crippen LogP contribution in [-0.4, -0.2) is 9.97 Å². The maximum Gasteiger partial charge on any atom is 0.159 e. The van der Waals surface area contributed by atoms with Gasteiger partial charge in [0.1, 0.15) is 0 Å². The molecule has 0 atom stereocenters. The Morgan fingerprint density at radius 3 is 1.16 bits per heavy atom. The van der Waals surface area contributed by atoms with Crippen LogP contribution >= 0.6 is 0 Å². The Morgan fingerprint density at radius 1 is 0.405 bits per heavy atom. The molecule has 2 rings (SSSR count). The van der Waals surface area contributed by atoms with Gasteiger partial charge in [-0.25, -0.2) is 9.97 Å². The molecule has 1 aromatic carbocycles. The second-order valence-corrected chi connectivity index (χ2v) is 11.3. The molecule has 37 heavy (non-hydrogen) atoms. The van der Waals surface area contributed by atoms with Crippen molar-refractivity contribution in [1.82, 2.24) is 9.97 Å². The summed E-state index contributed by atoms with van der Waals surface area (Å²) in [6.07, 6.45) is 35.6. The molecular weight excluding hydrogens is 448 g/mol. The van der Waals surface area contributed by atoms with Crippen molar-refractivity contribution >= 4 is 0 Å². The Hall–Kier alpha value is -1.70. The van der Waals surface area contributed by atoms with Crippen LogP contribution < -0.4 is 0 Å². The minimum atomic E-state index is 0.855. The molecule has 0 aliphatic rings. The standard InChI is InChI=1S/C35H58N2/c1-3-5-7-9-11-13-15-17-19-21-23-25-33-30-36-35(37-31-33)34-28-26-32(27-29-34)24-22-20-18-16-14-12-10-8-6-4-2/h26-31H,3-25H2,1-2H3. The second-order valence-electron chi connectivity index (χ2n) is 11.3. The lowest BCUT2D eigenvalue weighted by molar-refractivity contribution is 0.549. The summed E-state index contributed by atoms with van der Waals surface area (Å²) in [6, 6.07) is 8.94. The molecule has 0 radical (unpaired) electrons.